The first-order chi connectivity index (χ1) is 9.27. The number of H-pyrrole nitrogens is 1. The molecule has 0 aliphatic heterocycles. The molecule has 1 unspecified atom stereocenters. The lowest BCUT2D eigenvalue weighted by molar-refractivity contribution is 0.699. The highest BCUT2D eigenvalue weighted by Gasteiger charge is 2.64. The number of hydrogen-bond acceptors (Lipinski definition) is 3. The van der Waals surface area contributed by atoms with Gasteiger partial charge in [0.2, 0.25) is 0 Å². The van der Waals surface area contributed by atoms with Crippen LogP contribution in [0.1, 0.15) is 54.3 Å². The molecule has 3 aliphatic rings. The summed E-state index contributed by atoms with van der Waals surface area (Å²) in [5, 5.41) is 0.897. The maximum atomic E-state index is 12.4. The van der Waals surface area contributed by atoms with Crippen LogP contribution in [-0.2, 0) is 12.8 Å². The van der Waals surface area contributed by atoms with Crippen LogP contribution in [0.3, 0.4) is 0 Å². The van der Waals surface area contributed by atoms with E-state index in [9.17, 15) is 4.79 Å². The predicted molar refractivity (Wildman–Crippen MR) is 75.9 cm³/mol. The fraction of sp³-hybridized carbons (Fsp3) is 0.600. The molecule has 2 heterocycles. The predicted octanol–water partition coefficient (Wildman–Crippen LogP) is 3.13. The van der Waals surface area contributed by atoms with Crippen molar-refractivity contribution in [1.29, 1.82) is 0 Å². The van der Waals surface area contributed by atoms with Crippen molar-refractivity contribution in [1.82, 2.24) is 9.97 Å². The van der Waals surface area contributed by atoms with Crippen molar-refractivity contribution in [2.45, 2.75) is 50.9 Å². The molecule has 2 saturated carbocycles. The molecule has 4 heteroatoms. The van der Waals surface area contributed by atoms with Crippen LogP contribution in [0.5, 0.6) is 0 Å². The SMILES string of the molecule is O=c1[nH]c(C2CC23CC3)nc2sc3c(c12)CCCC3. The van der Waals surface area contributed by atoms with Crippen LogP contribution >= 0.6 is 11.3 Å². The summed E-state index contributed by atoms with van der Waals surface area (Å²) in [6.07, 6.45) is 8.58. The fourth-order valence-corrected chi connectivity index (χ4v) is 5.06. The third-order valence-electron chi connectivity index (χ3n) is 5.26. The average molecular weight is 272 g/mol. The zero-order valence-corrected chi connectivity index (χ0v) is 11.6. The second-order valence-corrected chi connectivity index (χ2v) is 7.54. The summed E-state index contributed by atoms with van der Waals surface area (Å²) in [6, 6.07) is 0. The minimum Gasteiger partial charge on any atom is -0.310 e. The first-order valence-corrected chi connectivity index (χ1v) is 8.13. The van der Waals surface area contributed by atoms with Gasteiger partial charge in [-0.05, 0) is 55.9 Å². The number of thiophene rings is 1. The standard InChI is InChI=1S/C15H16N2OS/c18-13-11-8-3-1-2-4-10(8)19-14(11)17-12(16-13)9-7-15(9)5-6-15/h9H,1-7H2,(H,16,17,18). The highest BCUT2D eigenvalue weighted by Crippen LogP contribution is 2.74. The number of rotatable bonds is 1. The van der Waals surface area contributed by atoms with Gasteiger partial charge in [0.15, 0.2) is 0 Å². The highest BCUT2D eigenvalue weighted by atomic mass is 32.1. The third-order valence-corrected chi connectivity index (χ3v) is 6.44. The van der Waals surface area contributed by atoms with E-state index in [0.717, 1.165) is 28.9 Å². The fourth-order valence-electron chi connectivity index (χ4n) is 3.79. The monoisotopic (exact) mass is 272 g/mol. The van der Waals surface area contributed by atoms with Gasteiger partial charge in [-0.25, -0.2) is 4.98 Å². The smallest absolute Gasteiger partial charge is 0.259 e. The summed E-state index contributed by atoms with van der Waals surface area (Å²) in [5.41, 5.74) is 1.96. The van der Waals surface area contributed by atoms with Gasteiger partial charge in [0.05, 0.1) is 5.39 Å². The summed E-state index contributed by atoms with van der Waals surface area (Å²) in [5.74, 6) is 1.51. The summed E-state index contributed by atoms with van der Waals surface area (Å²) < 4.78 is 0. The molecule has 3 nitrogen and oxygen atoms in total. The van der Waals surface area contributed by atoms with Gasteiger partial charge in [0, 0.05) is 10.8 Å². The van der Waals surface area contributed by atoms with Crippen molar-refractivity contribution >= 4 is 21.6 Å². The molecule has 5 rings (SSSR count). The van der Waals surface area contributed by atoms with Gasteiger partial charge in [-0.15, -0.1) is 11.3 Å². The Morgan fingerprint density at radius 3 is 2.89 bits per heavy atom. The molecule has 2 aromatic heterocycles. The van der Waals surface area contributed by atoms with E-state index in [1.54, 1.807) is 11.3 Å². The minimum atomic E-state index is 0.113. The minimum absolute atomic E-state index is 0.113. The normalized spacial score (nSPS) is 26.6. The van der Waals surface area contributed by atoms with E-state index in [2.05, 4.69) is 4.98 Å². The molecule has 0 radical (unpaired) electrons. The van der Waals surface area contributed by atoms with Crippen LogP contribution < -0.4 is 5.56 Å². The Hall–Kier alpha value is -1.16. The maximum absolute atomic E-state index is 12.4. The quantitative estimate of drug-likeness (QED) is 0.867. The van der Waals surface area contributed by atoms with Gasteiger partial charge in [-0.3, -0.25) is 4.79 Å². The van der Waals surface area contributed by atoms with E-state index >= 15 is 0 Å². The van der Waals surface area contributed by atoms with Gasteiger partial charge in [0.25, 0.3) is 5.56 Å². The molecule has 0 amide bonds. The van der Waals surface area contributed by atoms with E-state index < -0.39 is 0 Å². The molecule has 2 fully saturated rings. The molecule has 0 bridgehead atoms. The topological polar surface area (TPSA) is 45.8 Å². The largest absolute Gasteiger partial charge is 0.310 e. The number of fused-ring (bicyclic) bond motifs is 3. The Morgan fingerprint density at radius 1 is 1.26 bits per heavy atom. The van der Waals surface area contributed by atoms with E-state index in [0.29, 0.717) is 11.3 Å². The third kappa shape index (κ3) is 1.38. The van der Waals surface area contributed by atoms with Crippen molar-refractivity contribution in [3.63, 3.8) is 0 Å². The summed E-state index contributed by atoms with van der Waals surface area (Å²) in [6.45, 7) is 0. The summed E-state index contributed by atoms with van der Waals surface area (Å²) in [7, 11) is 0. The van der Waals surface area contributed by atoms with Crippen LogP contribution in [0.15, 0.2) is 4.79 Å². The van der Waals surface area contributed by atoms with Gasteiger partial charge in [-0.2, -0.15) is 0 Å². The Bertz CT molecular complexity index is 753. The zero-order chi connectivity index (χ0) is 12.6. The average Bonchev–Trinajstić information content (AvgIpc) is 3.30. The number of aromatic amines is 1. The van der Waals surface area contributed by atoms with Gasteiger partial charge in [-0.1, -0.05) is 0 Å². The molecule has 98 valence electrons. The van der Waals surface area contributed by atoms with Crippen LogP contribution in [-0.4, -0.2) is 9.97 Å². The maximum Gasteiger partial charge on any atom is 0.259 e. The van der Waals surface area contributed by atoms with Crippen LogP contribution in [0.25, 0.3) is 10.2 Å². The van der Waals surface area contributed by atoms with Gasteiger partial charge < -0.3 is 4.98 Å². The molecular weight excluding hydrogens is 256 g/mol. The lowest BCUT2D eigenvalue weighted by atomic mass is 9.97. The number of nitrogens with one attached hydrogen (secondary N) is 1. The molecular formula is C15H16N2OS. The van der Waals surface area contributed by atoms with Crippen LogP contribution in [0.4, 0.5) is 0 Å². The summed E-state index contributed by atoms with van der Waals surface area (Å²) >= 11 is 1.76. The second kappa shape index (κ2) is 3.29. The molecule has 19 heavy (non-hydrogen) atoms. The second-order valence-electron chi connectivity index (χ2n) is 6.46. The number of aromatic nitrogens is 2. The zero-order valence-electron chi connectivity index (χ0n) is 10.8. The highest BCUT2D eigenvalue weighted by molar-refractivity contribution is 7.18. The molecule has 0 aromatic carbocycles. The molecule has 1 spiro atoms. The molecule has 2 aromatic rings. The number of nitrogens with zero attached hydrogens (tertiary/aromatic N) is 1. The van der Waals surface area contributed by atoms with Crippen LogP contribution in [0.2, 0.25) is 0 Å². The first-order valence-electron chi connectivity index (χ1n) is 7.31. The Balaban J connectivity index is 1.71. The van der Waals surface area contributed by atoms with Crippen molar-refractivity contribution in [3.8, 4) is 0 Å². The van der Waals surface area contributed by atoms with Crippen molar-refractivity contribution in [3.05, 3.63) is 26.6 Å². The van der Waals surface area contributed by atoms with Crippen LogP contribution in [0, 0.1) is 5.41 Å². The van der Waals surface area contributed by atoms with Gasteiger partial charge in [0.1, 0.15) is 10.7 Å². The lowest BCUT2D eigenvalue weighted by Crippen LogP contribution is -2.12. The Morgan fingerprint density at radius 2 is 2.11 bits per heavy atom. The van der Waals surface area contributed by atoms with E-state index in [-0.39, 0.29) is 5.56 Å². The lowest BCUT2D eigenvalue weighted by Gasteiger charge is -2.09. The summed E-state index contributed by atoms with van der Waals surface area (Å²) in [4.78, 5) is 22.7. The van der Waals surface area contributed by atoms with E-state index in [1.807, 2.05) is 0 Å². The number of hydrogen-bond donors (Lipinski definition) is 1. The molecule has 3 aliphatic carbocycles. The van der Waals surface area contributed by atoms with Gasteiger partial charge >= 0.3 is 0 Å². The first kappa shape index (κ1) is 10.6. The van der Waals surface area contributed by atoms with Crippen molar-refractivity contribution < 1.29 is 0 Å². The van der Waals surface area contributed by atoms with Crippen molar-refractivity contribution in [2.75, 3.05) is 0 Å². The van der Waals surface area contributed by atoms with Crippen molar-refractivity contribution in [2.24, 2.45) is 5.41 Å². The molecule has 0 saturated heterocycles. The molecule has 1 N–H and O–H groups in total. The Labute approximate surface area is 115 Å². The molecule has 1 atom stereocenters. The van der Waals surface area contributed by atoms with E-state index in [1.165, 1.54) is 42.5 Å². The Kier molecular flexibility index (Phi) is 1.84. The van der Waals surface area contributed by atoms with E-state index in [4.69, 9.17) is 4.98 Å². The number of aryl methyl sites for hydroxylation is 2.